The smallest absolute Gasteiger partial charge is 0.143 e. The molecule has 2 aromatic heterocycles. The minimum Gasteiger partial charge on any atom is -0.455 e. The Balaban J connectivity index is 1.78. The molecule has 2 aromatic rings. The molecule has 0 fully saturated rings. The fourth-order valence-corrected chi connectivity index (χ4v) is 3.66. The molecule has 0 saturated carbocycles. The molecule has 0 amide bonds. The zero-order valence-corrected chi connectivity index (χ0v) is 15.2. The van der Waals surface area contributed by atoms with E-state index in [1.165, 1.54) is 4.90 Å². The molecule has 1 aliphatic carbocycles. The van der Waals surface area contributed by atoms with Crippen molar-refractivity contribution in [2.24, 2.45) is 0 Å². The highest BCUT2D eigenvalue weighted by atomic mass is 32.2. The van der Waals surface area contributed by atoms with Crippen molar-refractivity contribution in [3.05, 3.63) is 62.3 Å². The number of hydrogen-bond donors (Lipinski definition) is 0. The molecule has 128 valence electrons. The number of rotatable bonds is 5. The predicted molar refractivity (Wildman–Crippen MR) is 101 cm³/mol. The highest BCUT2D eigenvalue weighted by molar-refractivity contribution is 8.02. The lowest BCUT2D eigenvalue weighted by Gasteiger charge is -2.09. The summed E-state index contributed by atoms with van der Waals surface area (Å²) in [6.07, 6.45) is 12.2. The molecule has 1 aliphatic heterocycles. The normalized spacial score (nSPS) is 14.4. The summed E-state index contributed by atoms with van der Waals surface area (Å²) in [4.78, 5) is 7.81. The Kier molecular flexibility index (Phi) is 4.61. The lowest BCUT2D eigenvalue weighted by molar-refractivity contribution is 0.103. The Hall–Kier alpha value is -2.08. The van der Waals surface area contributed by atoms with Crippen LogP contribution in [0.4, 0.5) is 0 Å². The molecule has 3 heterocycles. The molecule has 0 N–H and O–H groups in total. The maximum atomic E-state index is 6.17. The third-order valence-electron chi connectivity index (χ3n) is 4.14. The van der Waals surface area contributed by atoms with E-state index in [0.717, 1.165) is 39.1 Å². The van der Waals surface area contributed by atoms with E-state index in [0.29, 0.717) is 13.2 Å². The van der Waals surface area contributed by atoms with Crippen LogP contribution in [-0.4, -0.2) is 37.1 Å². The van der Waals surface area contributed by atoms with Gasteiger partial charge < -0.3 is 14.1 Å². The van der Waals surface area contributed by atoms with Gasteiger partial charge in [-0.1, -0.05) is 30.0 Å². The Morgan fingerprint density at radius 3 is 3.04 bits per heavy atom. The zero-order valence-electron chi connectivity index (χ0n) is 14.4. The Labute approximate surface area is 150 Å². The Morgan fingerprint density at radius 2 is 2.16 bits per heavy atom. The van der Waals surface area contributed by atoms with Crippen molar-refractivity contribution in [1.29, 1.82) is 0 Å². The van der Waals surface area contributed by atoms with Gasteiger partial charge in [-0.05, 0) is 37.7 Å². The number of nitrogens with zero attached hydrogens (tertiary/aromatic N) is 2. The van der Waals surface area contributed by atoms with Gasteiger partial charge in [0.15, 0.2) is 0 Å². The first-order chi connectivity index (χ1) is 12.2. The zero-order chi connectivity index (χ0) is 17.2. The minimum atomic E-state index is 0.507. The number of hydrogen-bond acceptors (Lipinski definition) is 5. The van der Waals surface area contributed by atoms with Crippen LogP contribution in [0.25, 0.3) is 18.2 Å². The van der Waals surface area contributed by atoms with E-state index in [2.05, 4.69) is 39.6 Å². The standard InChI is InChI=1S/C20H20N2O2S/c1-22(2)8-9-23-13-15-11-17-14(12-21-15)5-3-6-16-19(17)24-18-7-4-10-25-20(16)18/h3-7,10-12H,8-9,13H2,1-2H3. The lowest BCUT2D eigenvalue weighted by Crippen LogP contribution is -2.18. The number of aromatic nitrogens is 1. The van der Waals surface area contributed by atoms with Crippen LogP contribution in [0.2, 0.25) is 0 Å². The second-order valence-electron chi connectivity index (χ2n) is 6.30. The van der Waals surface area contributed by atoms with Crippen molar-refractivity contribution in [2.45, 2.75) is 11.5 Å². The van der Waals surface area contributed by atoms with Crippen molar-refractivity contribution in [3.8, 4) is 0 Å². The monoisotopic (exact) mass is 352 g/mol. The second-order valence-corrected chi connectivity index (χ2v) is 7.21. The average molecular weight is 352 g/mol. The summed E-state index contributed by atoms with van der Waals surface area (Å²) in [6.45, 7) is 2.10. The van der Waals surface area contributed by atoms with Crippen LogP contribution in [0.15, 0.2) is 39.1 Å². The number of fused-ring (bicyclic) bond motifs is 4. The Bertz CT molecular complexity index is 1060. The van der Waals surface area contributed by atoms with Gasteiger partial charge in [-0.15, -0.1) is 0 Å². The fourth-order valence-electron chi connectivity index (χ4n) is 2.85. The van der Waals surface area contributed by atoms with Crippen LogP contribution in [0.1, 0.15) is 11.3 Å². The summed E-state index contributed by atoms with van der Waals surface area (Å²) in [5, 5.41) is 4.22. The molecule has 0 radical (unpaired) electrons. The number of allylic oxidation sites excluding steroid dienone is 2. The van der Waals surface area contributed by atoms with E-state index in [-0.39, 0.29) is 0 Å². The highest BCUT2D eigenvalue weighted by Crippen LogP contribution is 2.26. The molecule has 0 saturated heterocycles. The van der Waals surface area contributed by atoms with E-state index in [9.17, 15) is 0 Å². The summed E-state index contributed by atoms with van der Waals surface area (Å²) in [5.74, 6) is 0. The molecule has 0 bridgehead atoms. The maximum Gasteiger partial charge on any atom is 0.143 e. The summed E-state index contributed by atoms with van der Waals surface area (Å²) in [6, 6.07) is 2.08. The number of pyridine rings is 1. The number of ether oxygens (including phenoxy) is 1. The third-order valence-corrected chi connectivity index (χ3v) is 5.09. The van der Waals surface area contributed by atoms with Gasteiger partial charge in [-0.3, -0.25) is 4.98 Å². The molecule has 4 nitrogen and oxygen atoms in total. The van der Waals surface area contributed by atoms with Gasteiger partial charge in [0.2, 0.25) is 0 Å². The fraction of sp³-hybridized carbons (Fsp3) is 0.250. The van der Waals surface area contributed by atoms with E-state index in [4.69, 9.17) is 9.15 Å². The van der Waals surface area contributed by atoms with Gasteiger partial charge in [0, 0.05) is 28.7 Å². The molecule has 0 atom stereocenters. The van der Waals surface area contributed by atoms with Crippen LogP contribution in [0.3, 0.4) is 0 Å². The van der Waals surface area contributed by atoms with Crippen molar-refractivity contribution in [1.82, 2.24) is 9.88 Å². The first-order valence-corrected chi connectivity index (χ1v) is 9.17. The van der Waals surface area contributed by atoms with E-state index >= 15 is 0 Å². The first kappa shape index (κ1) is 16.4. The van der Waals surface area contributed by atoms with Crippen LogP contribution in [-0.2, 0) is 11.3 Å². The van der Waals surface area contributed by atoms with E-state index in [1.807, 2.05) is 32.4 Å². The van der Waals surface area contributed by atoms with Crippen LogP contribution >= 0.6 is 11.8 Å². The van der Waals surface area contributed by atoms with Gasteiger partial charge in [-0.2, -0.15) is 0 Å². The molecule has 5 heteroatoms. The molecule has 2 aliphatic rings. The molecular weight excluding hydrogens is 332 g/mol. The molecule has 4 rings (SSSR count). The summed E-state index contributed by atoms with van der Waals surface area (Å²) in [7, 11) is 4.08. The summed E-state index contributed by atoms with van der Waals surface area (Å²) < 4.78 is 11.9. The maximum absolute atomic E-state index is 6.17. The summed E-state index contributed by atoms with van der Waals surface area (Å²) in [5.41, 5.74) is 3.90. The lowest BCUT2D eigenvalue weighted by atomic mass is 10.2. The van der Waals surface area contributed by atoms with E-state index in [1.54, 1.807) is 11.8 Å². The number of likely N-dealkylation sites (N-methyl/N-ethyl adjacent to an activating group) is 1. The van der Waals surface area contributed by atoms with Gasteiger partial charge >= 0.3 is 0 Å². The van der Waals surface area contributed by atoms with Crippen molar-refractivity contribution in [3.63, 3.8) is 0 Å². The predicted octanol–water partition coefficient (Wildman–Crippen LogP) is 2.25. The molecule has 0 spiro atoms. The molecular formula is C20H20N2O2S. The topological polar surface area (TPSA) is 38.5 Å². The highest BCUT2D eigenvalue weighted by Gasteiger charge is 2.13. The van der Waals surface area contributed by atoms with Crippen molar-refractivity contribution in [2.75, 3.05) is 27.2 Å². The largest absolute Gasteiger partial charge is 0.455 e. The van der Waals surface area contributed by atoms with Crippen molar-refractivity contribution < 1.29 is 9.15 Å². The molecule has 25 heavy (non-hydrogen) atoms. The van der Waals surface area contributed by atoms with Gasteiger partial charge in [0.05, 0.1) is 23.8 Å². The Morgan fingerprint density at radius 1 is 1.24 bits per heavy atom. The SMILES string of the molecule is CN(C)CCOCc1cc2c(cn1)=CC=Cc1c3c(oc1=2)=CC=CS3. The van der Waals surface area contributed by atoms with Crippen LogP contribution < -0.4 is 10.6 Å². The number of thioether (sulfide) groups is 1. The van der Waals surface area contributed by atoms with Gasteiger partial charge in [0.25, 0.3) is 0 Å². The number of furan rings is 1. The first-order valence-electron chi connectivity index (χ1n) is 8.29. The molecule has 0 unspecified atom stereocenters. The van der Waals surface area contributed by atoms with Crippen LogP contribution in [0, 0.1) is 10.6 Å². The summed E-state index contributed by atoms with van der Waals surface area (Å²) >= 11 is 1.70. The molecule has 0 aromatic carbocycles. The van der Waals surface area contributed by atoms with Crippen molar-refractivity contribution >= 4 is 30.0 Å². The quantitative estimate of drug-likeness (QED) is 0.772. The van der Waals surface area contributed by atoms with Gasteiger partial charge in [-0.25, -0.2) is 0 Å². The average Bonchev–Trinajstić information content (AvgIpc) is 2.88. The van der Waals surface area contributed by atoms with Crippen LogP contribution in [0.5, 0.6) is 0 Å². The minimum absolute atomic E-state index is 0.507. The third kappa shape index (κ3) is 3.35. The van der Waals surface area contributed by atoms with E-state index < -0.39 is 0 Å². The second kappa shape index (κ2) is 7.04. The van der Waals surface area contributed by atoms with Gasteiger partial charge in [0.1, 0.15) is 10.8 Å².